The van der Waals surface area contributed by atoms with Crippen LogP contribution in [0.3, 0.4) is 0 Å². The SMILES string of the molecule is CC(C)(CNc1ccc2c(c1)NC(=O)CO2)C(=O)O. The van der Waals surface area contributed by atoms with Crippen LogP contribution in [-0.4, -0.2) is 30.1 Å². The molecule has 0 fully saturated rings. The number of aliphatic carboxylic acids is 1. The summed E-state index contributed by atoms with van der Waals surface area (Å²) < 4.78 is 5.24. The fourth-order valence-corrected chi connectivity index (χ4v) is 1.59. The maximum absolute atomic E-state index is 11.2. The first-order valence-corrected chi connectivity index (χ1v) is 5.92. The highest BCUT2D eigenvalue weighted by molar-refractivity contribution is 5.96. The number of ether oxygens (including phenoxy) is 1. The lowest BCUT2D eigenvalue weighted by Crippen LogP contribution is -2.31. The summed E-state index contributed by atoms with van der Waals surface area (Å²) in [5.41, 5.74) is 0.462. The molecule has 1 aliphatic heterocycles. The zero-order chi connectivity index (χ0) is 14.0. The van der Waals surface area contributed by atoms with Gasteiger partial charge in [0, 0.05) is 12.2 Å². The number of anilines is 2. The van der Waals surface area contributed by atoms with E-state index in [0.717, 1.165) is 5.69 Å². The number of benzene rings is 1. The average molecular weight is 264 g/mol. The molecule has 0 spiro atoms. The van der Waals surface area contributed by atoms with Gasteiger partial charge < -0.3 is 20.5 Å². The van der Waals surface area contributed by atoms with Gasteiger partial charge >= 0.3 is 5.97 Å². The van der Waals surface area contributed by atoms with Gasteiger partial charge in [0.15, 0.2) is 6.61 Å². The van der Waals surface area contributed by atoms with Crippen molar-refractivity contribution in [1.82, 2.24) is 0 Å². The van der Waals surface area contributed by atoms with Crippen LogP contribution >= 0.6 is 0 Å². The Morgan fingerprint density at radius 1 is 1.53 bits per heavy atom. The maximum atomic E-state index is 11.2. The zero-order valence-corrected chi connectivity index (χ0v) is 10.8. The number of carbonyl (C=O) groups is 2. The number of nitrogens with one attached hydrogen (secondary N) is 2. The van der Waals surface area contributed by atoms with Crippen LogP contribution in [0.2, 0.25) is 0 Å². The molecule has 0 aliphatic carbocycles. The summed E-state index contributed by atoms with van der Waals surface area (Å²) in [5.74, 6) is -0.451. The predicted octanol–water partition coefficient (Wildman–Crippen LogP) is 1.54. The topological polar surface area (TPSA) is 87.7 Å². The first kappa shape index (κ1) is 13.2. The van der Waals surface area contributed by atoms with Gasteiger partial charge in [-0.1, -0.05) is 0 Å². The summed E-state index contributed by atoms with van der Waals surface area (Å²) in [6.45, 7) is 3.60. The van der Waals surface area contributed by atoms with Crippen LogP contribution in [0.25, 0.3) is 0 Å². The molecule has 1 aliphatic rings. The highest BCUT2D eigenvalue weighted by atomic mass is 16.5. The third kappa shape index (κ3) is 2.96. The van der Waals surface area contributed by atoms with Crippen molar-refractivity contribution in [3.8, 4) is 5.75 Å². The molecular weight excluding hydrogens is 248 g/mol. The van der Waals surface area contributed by atoms with Crippen LogP contribution in [0, 0.1) is 5.41 Å². The van der Waals surface area contributed by atoms with Gasteiger partial charge in [-0.15, -0.1) is 0 Å². The summed E-state index contributed by atoms with van der Waals surface area (Å²) in [7, 11) is 0. The van der Waals surface area contributed by atoms with Gasteiger partial charge in [0.05, 0.1) is 11.1 Å². The molecule has 6 heteroatoms. The third-order valence-electron chi connectivity index (χ3n) is 2.93. The Morgan fingerprint density at radius 3 is 2.95 bits per heavy atom. The minimum absolute atomic E-state index is 0.0197. The van der Waals surface area contributed by atoms with E-state index < -0.39 is 11.4 Å². The van der Waals surface area contributed by atoms with Crippen LogP contribution < -0.4 is 15.4 Å². The van der Waals surface area contributed by atoms with E-state index >= 15 is 0 Å². The molecule has 1 heterocycles. The van der Waals surface area contributed by atoms with E-state index in [9.17, 15) is 9.59 Å². The second-order valence-corrected chi connectivity index (χ2v) is 5.09. The van der Waals surface area contributed by atoms with Gasteiger partial charge in [-0.05, 0) is 32.0 Å². The summed E-state index contributed by atoms with van der Waals surface area (Å²) in [6.07, 6.45) is 0. The fourth-order valence-electron chi connectivity index (χ4n) is 1.59. The number of hydrogen-bond donors (Lipinski definition) is 3. The van der Waals surface area contributed by atoms with Crippen molar-refractivity contribution in [3.63, 3.8) is 0 Å². The highest BCUT2D eigenvalue weighted by Crippen LogP contribution is 2.30. The lowest BCUT2D eigenvalue weighted by Gasteiger charge is -2.22. The molecule has 102 valence electrons. The van der Waals surface area contributed by atoms with E-state index in [-0.39, 0.29) is 19.1 Å². The Labute approximate surface area is 110 Å². The van der Waals surface area contributed by atoms with Crippen molar-refractivity contribution in [2.24, 2.45) is 5.41 Å². The molecule has 0 radical (unpaired) electrons. The number of hydrogen-bond acceptors (Lipinski definition) is 4. The van der Waals surface area contributed by atoms with E-state index in [4.69, 9.17) is 9.84 Å². The standard InChI is InChI=1S/C13H16N2O4/c1-13(2,12(17)18)7-14-8-3-4-10-9(5-8)15-11(16)6-19-10/h3-5,14H,6-7H2,1-2H3,(H,15,16)(H,17,18). The van der Waals surface area contributed by atoms with Crippen molar-refractivity contribution < 1.29 is 19.4 Å². The molecule has 0 saturated carbocycles. The van der Waals surface area contributed by atoms with Crippen molar-refractivity contribution in [2.45, 2.75) is 13.8 Å². The summed E-state index contributed by atoms with van der Waals surface area (Å²) in [6, 6.07) is 5.25. The molecule has 0 bridgehead atoms. The molecular formula is C13H16N2O4. The van der Waals surface area contributed by atoms with Crippen LogP contribution in [0.5, 0.6) is 5.75 Å². The number of rotatable bonds is 4. The van der Waals surface area contributed by atoms with Crippen molar-refractivity contribution >= 4 is 23.3 Å². The van der Waals surface area contributed by atoms with E-state index in [0.29, 0.717) is 11.4 Å². The molecule has 2 rings (SSSR count). The van der Waals surface area contributed by atoms with E-state index in [1.807, 2.05) is 0 Å². The number of carbonyl (C=O) groups excluding carboxylic acids is 1. The second-order valence-electron chi connectivity index (χ2n) is 5.09. The van der Waals surface area contributed by atoms with Crippen molar-refractivity contribution in [1.29, 1.82) is 0 Å². The first-order valence-electron chi connectivity index (χ1n) is 5.92. The van der Waals surface area contributed by atoms with Crippen LogP contribution in [0.4, 0.5) is 11.4 Å². The van der Waals surface area contributed by atoms with Gasteiger partial charge in [-0.3, -0.25) is 9.59 Å². The molecule has 1 aromatic carbocycles. The summed E-state index contributed by atoms with van der Waals surface area (Å²) >= 11 is 0. The zero-order valence-electron chi connectivity index (χ0n) is 10.8. The third-order valence-corrected chi connectivity index (χ3v) is 2.93. The maximum Gasteiger partial charge on any atom is 0.310 e. The lowest BCUT2D eigenvalue weighted by atomic mass is 9.94. The van der Waals surface area contributed by atoms with E-state index in [1.54, 1.807) is 32.0 Å². The van der Waals surface area contributed by atoms with Crippen LogP contribution in [0.1, 0.15) is 13.8 Å². The highest BCUT2D eigenvalue weighted by Gasteiger charge is 2.26. The molecule has 3 N–H and O–H groups in total. The molecule has 0 saturated heterocycles. The minimum atomic E-state index is -0.866. The largest absolute Gasteiger partial charge is 0.482 e. The van der Waals surface area contributed by atoms with E-state index in [2.05, 4.69) is 10.6 Å². The number of fused-ring (bicyclic) bond motifs is 1. The van der Waals surface area contributed by atoms with Gasteiger partial charge in [0.25, 0.3) is 5.91 Å². The number of amides is 1. The molecule has 0 aromatic heterocycles. The van der Waals surface area contributed by atoms with Crippen molar-refractivity contribution in [2.75, 3.05) is 23.8 Å². The lowest BCUT2D eigenvalue weighted by molar-refractivity contribution is -0.146. The van der Waals surface area contributed by atoms with Gasteiger partial charge in [-0.25, -0.2) is 0 Å². The fraction of sp³-hybridized carbons (Fsp3) is 0.385. The normalized spacial score (nSPS) is 14.1. The Hall–Kier alpha value is -2.24. The molecule has 19 heavy (non-hydrogen) atoms. The second kappa shape index (κ2) is 4.79. The molecule has 6 nitrogen and oxygen atoms in total. The average Bonchev–Trinajstić information content (AvgIpc) is 2.35. The predicted molar refractivity (Wildman–Crippen MR) is 70.5 cm³/mol. The molecule has 0 unspecified atom stereocenters. The Morgan fingerprint density at radius 2 is 2.26 bits per heavy atom. The smallest absolute Gasteiger partial charge is 0.310 e. The molecule has 0 atom stereocenters. The van der Waals surface area contributed by atoms with Gasteiger partial charge in [0.1, 0.15) is 5.75 Å². The first-order chi connectivity index (χ1) is 8.88. The minimum Gasteiger partial charge on any atom is -0.482 e. The molecule has 1 amide bonds. The molecule has 1 aromatic rings. The Bertz CT molecular complexity index is 525. The quantitative estimate of drug-likeness (QED) is 0.767. The van der Waals surface area contributed by atoms with Gasteiger partial charge in [0.2, 0.25) is 0 Å². The van der Waals surface area contributed by atoms with Crippen LogP contribution in [0.15, 0.2) is 18.2 Å². The Kier molecular flexibility index (Phi) is 3.33. The monoisotopic (exact) mass is 264 g/mol. The summed E-state index contributed by atoms with van der Waals surface area (Å²) in [4.78, 5) is 22.2. The summed E-state index contributed by atoms with van der Waals surface area (Å²) in [5, 5.41) is 14.8. The van der Waals surface area contributed by atoms with Crippen LogP contribution in [-0.2, 0) is 9.59 Å². The van der Waals surface area contributed by atoms with Crippen molar-refractivity contribution in [3.05, 3.63) is 18.2 Å². The number of carboxylic acids is 1. The van der Waals surface area contributed by atoms with E-state index in [1.165, 1.54) is 0 Å². The van der Waals surface area contributed by atoms with Gasteiger partial charge in [-0.2, -0.15) is 0 Å². The Balaban J connectivity index is 2.08. The number of carboxylic acid groups (broad SMARTS) is 1.